The van der Waals surface area contributed by atoms with Gasteiger partial charge in [-0.25, -0.2) is 0 Å². The third kappa shape index (κ3) is 7.11. The maximum absolute atomic E-state index is 12.7. The van der Waals surface area contributed by atoms with Gasteiger partial charge in [0.1, 0.15) is 0 Å². The average molecular weight is 521 g/mol. The topological polar surface area (TPSA) is 67.8 Å². The first-order valence-electron chi connectivity index (χ1n) is 10.3. The molecule has 0 aromatic heterocycles. The van der Waals surface area contributed by atoms with E-state index in [-0.39, 0.29) is 18.4 Å². The van der Waals surface area contributed by atoms with Crippen molar-refractivity contribution >= 4 is 28.5 Å². The molecular weight excluding hydrogens is 493 g/mol. The van der Waals surface area contributed by atoms with Crippen molar-refractivity contribution in [3.63, 3.8) is 0 Å². The maximum Gasteiger partial charge on any atom is 0.286 e. The van der Waals surface area contributed by atoms with Gasteiger partial charge in [0.25, 0.3) is 5.91 Å². The predicted molar refractivity (Wildman–Crippen MR) is 125 cm³/mol. The van der Waals surface area contributed by atoms with Crippen molar-refractivity contribution in [2.24, 2.45) is 0 Å². The molecule has 0 saturated carbocycles. The lowest BCUT2D eigenvalue weighted by atomic mass is 9.93. The molecule has 0 fully saturated rings. The minimum absolute atomic E-state index is 0.0495. The number of amides is 1. The van der Waals surface area contributed by atoms with Crippen LogP contribution in [0.2, 0.25) is 0 Å². The van der Waals surface area contributed by atoms with Crippen LogP contribution in [0.25, 0.3) is 0 Å². The fraction of sp³-hybridized carbons (Fsp3) is 0.375. The quantitative estimate of drug-likeness (QED) is 0.364. The molecule has 6 heteroatoms. The highest BCUT2D eigenvalue weighted by Crippen LogP contribution is 2.31. The Morgan fingerprint density at radius 3 is 2.63 bits per heavy atom. The van der Waals surface area contributed by atoms with Crippen LogP contribution in [0.1, 0.15) is 36.3 Å². The van der Waals surface area contributed by atoms with E-state index >= 15 is 0 Å². The number of carbonyl (C=O) groups is 1. The monoisotopic (exact) mass is 521 g/mol. The molecule has 30 heavy (non-hydrogen) atoms. The van der Waals surface area contributed by atoms with E-state index in [1.807, 2.05) is 36.4 Å². The summed E-state index contributed by atoms with van der Waals surface area (Å²) in [5.41, 5.74) is 2.32. The van der Waals surface area contributed by atoms with E-state index in [0.29, 0.717) is 31.8 Å². The molecule has 1 aliphatic heterocycles. The molecular formula is C24H28INO4. The van der Waals surface area contributed by atoms with Crippen molar-refractivity contribution in [3.8, 4) is 0 Å². The number of allylic oxidation sites excluding steroid dienone is 1. The third-order valence-corrected chi connectivity index (χ3v) is 5.70. The average Bonchev–Trinajstić information content (AvgIpc) is 2.78. The van der Waals surface area contributed by atoms with Gasteiger partial charge in [0.05, 0.1) is 6.61 Å². The highest BCUT2D eigenvalue weighted by molar-refractivity contribution is 14.1. The van der Waals surface area contributed by atoms with Crippen LogP contribution in [0.5, 0.6) is 0 Å². The van der Waals surface area contributed by atoms with Crippen LogP contribution in [0.15, 0.2) is 66.4 Å². The van der Waals surface area contributed by atoms with Crippen LogP contribution in [0.4, 0.5) is 0 Å². The minimum atomic E-state index is -0.479. The zero-order valence-electron chi connectivity index (χ0n) is 16.9. The van der Waals surface area contributed by atoms with Crippen LogP contribution in [-0.2, 0) is 20.7 Å². The summed E-state index contributed by atoms with van der Waals surface area (Å²) in [5, 5.41) is 11.9. The number of hydrogen-bond acceptors (Lipinski definition) is 4. The summed E-state index contributed by atoms with van der Waals surface area (Å²) in [6.45, 7) is 1.18. The Morgan fingerprint density at radius 2 is 1.90 bits per heavy atom. The van der Waals surface area contributed by atoms with Crippen molar-refractivity contribution in [1.29, 1.82) is 0 Å². The Kier molecular flexibility index (Phi) is 9.17. The second-order valence-electron chi connectivity index (χ2n) is 7.27. The fourth-order valence-corrected chi connectivity index (χ4v) is 3.70. The highest BCUT2D eigenvalue weighted by atomic mass is 127. The molecule has 0 radical (unpaired) electrons. The molecule has 1 heterocycles. The minimum Gasteiger partial charge on any atom is -0.459 e. The molecule has 3 rings (SSSR count). The molecule has 1 aliphatic rings. The summed E-state index contributed by atoms with van der Waals surface area (Å²) in [7, 11) is 0. The normalized spacial score (nSPS) is 18.4. The Labute approximate surface area is 191 Å². The summed E-state index contributed by atoms with van der Waals surface area (Å²) in [6.07, 6.45) is 4.28. The molecule has 2 aromatic rings. The summed E-state index contributed by atoms with van der Waals surface area (Å²) < 4.78 is 12.9. The Bertz CT molecular complexity index is 823. The molecule has 1 amide bonds. The lowest BCUT2D eigenvalue weighted by molar-refractivity contribution is -0.146. The van der Waals surface area contributed by atoms with E-state index in [1.165, 1.54) is 9.13 Å². The molecule has 2 atom stereocenters. The van der Waals surface area contributed by atoms with Crippen molar-refractivity contribution in [3.05, 3.63) is 81.1 Å². The lowest BCUT2D eigenvalue weighted by Crippen LogP contribution is -2.34. The predicted octanol–water partition coefficient (Wildman–Crippen LogP) is 4.15. The van der Waals surface area contributed by atoms with Gasteiger partial charge in [-0.15, -0.1) is 0 Å². The molecule has 160 valence electrons. The van der Waals surface area contributed by atoms with Gasteiger partial charge in [-0.05, 0) is 71.2 Å². The highest BCUT2D eigenvalue weighted by Gasteiger charge is 2.28. The smallest absolute Gasteiger partial charge is 0.286 e. The van der Waals surface area contributed by atoms with Gasteiger partial charge in [-0.3, -0.25) is 4.79 Å². The van der Waals surface area contributed by atoms with E-state index < -0.39 is 6.29 Å². The van der Waals surface area contributed by atoms with Crippen LogP contribution >= 0.6 is 22.6 Å². The third-order valence-electron chi connectivity index (χ3n) is 4.98. The van der Waals surface area contributed by atoms with E-state index in [4.69, 9.17) is 14.6 Å². The number of rotatable bonds is 10. The van der Waals surface area contributed by atoms with Gasteiger partial charge < -0.3 is 19.9 Å². The summed E-state index contributed by atoms with van der Waals surface area (Å²) in [5.74, 6) is 0.142. The van der Waals surface area contributed by atoms with Gasteiger partial charge in [-0.1, -0.05) is 42.5 Å². The SMILES string of the molecule is O=C(NCCc1ccccc1)C1=C[C@H](c2ccc(I)cc2)C[C@H](OCCCCO)O1. The fourth-order valence-electron chi connectivity index (χ4n) is 3.34. The van der Waals surface area contributed by atoms with E-state index in [1.54, 1.807) is 0 Å². The van der Waals surface area contributed by atoms with Gasteiger partial charge >= 0.3 is 0 Å². The Hall–Kier alpha value is -1.90. The van der Waals surface area contributed by atoms with Gasteiger partial charge in [0.2, 0.25) is 6.29 Å². The standard InChI is InChI=1S/C24H28INO4/c25-21-10-8-19(9-11-21)20-16-22(30-23(17-20)29-15-5-4-14-27)24(28)26-13-12-18-6-2-1-3-7-18/h1-3,6-11,16,20,23,27H,4-5,12-15,17H2,(H,26,28)/t20-,23+/m0/s1. The second-order valence-corrected chi connectivity index (χ2v) is 8.51. The number of aliphatic hydroxyl groups is 1. The van der Waals surface area contributed by atoms with Crippen molar-refractivity contribution in [2.75, 3.05) is 19.8 Å². The van der Waals surface area contributed by atoms with Crippen molar-refractivity contribution < 1.29 is 19.4 Å². The number of benzene rings is 2. The summed E-state index contributed by atoms with van der Waals surface area (Å²) >= 11 is 2.28. The largest absolute Gasteiger partial charge is 0.459 e. The Morgan fingerprint density at radius 1 is 1.13 bits per heavy atom. The molecule has 2 aromatic carbocycles. The first-order chi connectivity index (χ1) is 14.7. The Balaban J connectivity index is 1.64. The van der Waals surface area contributed by atoms with E-state index in [2.05, 4.69) is 52.2 Å². The molecule has 0 saturated heterocycles. The number of halogens is 1. The number of unbranched alkanes of at least 4 members (excludes halogenated alkanes) is 1. The van der Waals surface area contributed by atoms with E-state index in [9.17, 15) is 4.79 Å². The summed E-state index contributed by atoms with van der Waals surface area (Å²) in [4.78, 5) is 12.7. The van der Waals surface area contributed by atoms with Crippen LogP contribution in [0, 0.1) is 3.57 Å². The number of hydrogen-bond donors (Lipinski definition) is 2. The number of aliphatic hydroxyl groups excluding tert-OH is 1. The first kappa shape index (κ1) is 22.8. The molecule has 5 nitrogen and oxygen atoms in total. The molecule has 2 N–H and O–H groups in total. The van der Waals surface area contributed by atoms with Crippen molar-refractivity contribution in [1.82, 2.24) is 5.32 Å². The van der Waals surface area contributed by atoms with Crippen LogP contribution in [-0.4, -0.2) is 37.1 Å². The molecule has 0 bridgehead atoms. The first-order valence-corrected chi connectivity index (χ1v) is 11.4. The molecule has 0 unspecified atom stereocenters. The van der Waals surface area contributed by atoms with Gasteiger partial charge in [0, 0.05) is 29.1 Å². The number of carbonyl (C=O) groups excluding carboxylic acids is 1. The maximum atomic E-state index is 12.7. The van der Waals surface area contributed by atoms with Crippen LogP contribution < -0.4 is 5.32 Å². The number of nitrogens with one attached hydrogen (secondary N) is 1. The second kappa shape index (κ2) is 12.1. The molecule has 0 spiro atoms. The van der Waals surface area contributed by atoms with E-state index in [0.717, 1.165) is 18.4 Å². The lowest BCUT2D eigenvalue weighted by Gasteiger charge is -2.29. The summed E-state index contributed by atoms with van der Waals surface area (Å²) in [6, 6.07) is 18.4. The zero-order chi connectivity index (χ0) is 21.2. The zero-order valence-corrected chi connectivity index (χ0v) is 19.1. The molecule has 0 aliphatic carbocycles. The van der Waals surface area contributed by atoms with Gasteiger partial charge in [-0.2, -0.15) is 0 Å². The van der Waals surface area contributed by atoms with Gasteiger partial charge in [0.15, 0.2) is 5.76 Å². The van der Waals surface area contributed by atoms with Crippen molar-refractivity contribution in [2.45, 2.75) is 37.9 Å². The number of ether oxygens (including phenoxy) is 2. The van der Waals surface area contributed by atoms with Crippen LogP contribution in [0.3, 0.4) is 0 Å².